The summed E-state index contributed by atoms with van der Waals surface area (Å²) in [5, 5.41) is 0. The maximum atomic E-state index is 12.0. The van der Waals surface area contributed by atoms with E-state index in [1.165, 1.54) is 6.07 Å². The second kappa shape index (κ2) is 6.88. The van der Waals surface area contributed by atoms with E-state index < -0.39 is 10.0 Å². The largest absolute Gasteiger partial charge is 0.399 e. The Morgan fingerprint density at radius 2 is 1.95 bits per heavy atom. The number of aryl methyl sites for hydroxylation is 1. The summed E-state index contributed by atoms with van der Waals surface area (Å²) in [6, 6.07) is 4.75. The van der Waals surface area contributed by atoms with Gasteiger partial charge in [0.15, 0.2) is 0 Å². The van der Waals surface area contributed by atoms with Crippen molar-refractivity contribution < 1.29 is 8.42 Å². The minimum atomic E-state index is -3.42. The number of nitrogens with two attached hydrogens (primary N) is 1. The molecule has 19 heavy (non-hydrogen) atoms. The van der Waals surface area contributed by atoms with Gasteiger partial charge in [-0.15, -0.1) is 0 Å². The van der Waals surface area contributed by atoms with Crippen molar-refractivity contribution in [3.63, 3.8) is 0 Å². The van der Waals surface area contributed by atoms with Crippen LogP contribution in [0.4, 0.5) is 5.69 Å². The molecular formula is C13H23N3O2S. The number of anilines is 1. The van der Waals surface area contributed by atoms with Crippen LogP contribution in [0.25, 0.3) is 0 Å². The van der Waals surface area contributed by atoms with Crippen LogP contribution in [0.3, 0.4) is 0 Å². The SMILES string of the molecule is Cc1cc(S(=O)(=O)NCCCCN(C)C)ccc1N. The number of nitrogen functional groups attached to an aromatic ring is 1. The number of nitrogens with one attached hydrogen (secondary N) is 1. The molecule has 3 N–H and O–H groups in total. The minimum Gasteiger partial charge on any atom is -0.399 e. The predicted octanol–water partition coefficient (Wildman–Crippen LogP) is 1.20. The van der Waals surface area contributed by atoms with Gasteiger partial charge in [-0.25, -0.2) is 13.1 Å². The second-order valence-electron chi connectivity index (χ2n) is 4.93. The summed E-state index contributed by atoms with van der Waals surface area (Å²) >= 11 is 0. The minimum absolute atomic E-state index is 0.270. The van der Waals surface area contributed by atoms with Crippen LogP contribution in [-0.2, 0) is 10.0 Å². The van der Waals surface area contributed by atoms with Crippen LogP contribution < -0.4 is 10.5 Å². The smallest absolute Gasteiger partial charge is 0.240 e. The number of nitrogens with zero attached hydrogens (tertiary/aromatic N) is 1. The zero-order valence-electron chi connectivity index (χ0n) is 11.8. The van der Waals surface area contributed by atoms with E-state index in [2.05, 4.69) is 9.62 Å². The summed E-state index contributed by atoms with van der Waals surface area (Å²) < 4.78 is 26.7. The van der Waals surface area contributed by atoms with E-state index >= 15 is 0 Å². The van der Waals surface area contributed by atoms with Gasteiger partial charge < -0.3 is 10.6 Å². The van der Waals surface area contributed by atoms with Crippen molar-refractivity contribution in [3.8, 4) is 0 Å². The van der Waals surface area contributed by atoms with Crippen LogP contribution >= 0.6 is 0 Å². The van der Waals surface area contributed by atoms with Gasteiger partial charge in [0.2, 0.25) is 10.0 Å². The zero-order valence-corrected chi connectivity index (χ0v) is 12.6. The summed E-state index contributed by atoms with van der Waals surface area (Å²) in [5.74, 6) is 0. The van der Waals surface area contributed by atoms with Gasteiger partial charge >= 0.3 is 0 Å². The molecule has 0 radical (unpaired) electrons. The first kappa shape index (κ1) is 15.9. The maximum Gasteiger partial charge on any atom is 0.240 e. The lowest BCUT2D eigenvalue weighted by molar-refractivity contribution is 0.394. The second-order valence-corrected chi connectivity index (χ2v) is 6.69. The molecule has 0 saturated carbocycles. The molecule has 0 amide bonds. The van der Waals surface area contributed by atoms with Crippen LogP contribution in [-0.4, -0.2) is 40.5 Å². The highest BCUT2D eigenvalue weighted by Gasteiger charge is 2.13. The van der Waals surface area contributed by atoms with Crippen molar-refractivity contribution in [2.75, 3.05) is 32.9 Å². The van der Waals surface area contributed by atoms with Gasteiger partial charge in [0.05, 0.1) is 4.90 Å². The Bertz CT molecular complexity index is 513. The fourth-order valence-corrected chi connectivity index (χ4v) is 2.82. The molecule has 5 nitrogen and oxygen atoms in total. The lowest BCUT2D eigenvalue weighted by Crippen LogP contribution is -2.25. The molecule has 0 spiro atoms. The molecular weight excluding hydrogens is 262 g/mol. The standard InChI is InChI=1S/C13H23N3O2S/c1-11-10-12(6-7-13(11)14)19(17,18)15-8-4-5-9-16(2)3/h6-7,10,15H,4-5,8-9,14H2,1-3H3. The lowest BCUT2D eigenvalue weighted by Gasteiger charge is -2.10. The van der Waals surface area contributed by atoms with E-state index in [0.29, 0.717) is 12.2 Å². The molecule has 0 bridgehead atoms. The Morgan fingerprint density at radius 1 is 1.26 bits per heavy atom. The number of rotatable bonds is 7. The van der Waals surface area contributed by atoms with Gasteiger partial charge in [0, 0.05) is 12.2 Å². The molecule has 1 aromatic carbocycles. The molecule has 0 heterocycles. The van der Waals surface area contributed by atoms with Crippen LogP contribution in [0.1, 0.15) is 18.4 Å². The van der Waals surface area contributed by atoms with Crippen LogP contribution in [0.15, 0.2) is 23.1 Å². The zero-order chi connectivity index (χ0) is 14.5. The van der Waals surface area contributed by atoms with Crippen molar-refractivity contribution in [1.82, 2.24) is 9.62 Å². The van der Waals surface area contributed by atoms with Crippen LogP contribution in [0.2, 0.25) is 0 Å². The van der Waals surface area contributed by atoms with Crippen molar-refractivity contribution in [1.29, 1.82) is 0 Å². The molecule has 1 aromatic rings. The lowest BCUT2D eigenvalue weighted by atomic mass is 10.2. The molecule has 6 heteroatoms. The van der Waals surface area contributed by atoms with Gasteiger partial charge in [-0.2, -0.15) is 0 Å². The molecule has 0 fully saturated rings. The molecule has 0 aromatic heterocycles. The molecule has 0 unspecified atom stereocenters. The third-order valence-corrected chi connectivity index (χ3v) is 4.33. The van der Waals surface area contributed by atoms with E-state index in [-0.39, 0.29) is 4.90 Å². The number of hydrogen-bond donors (Lipinski definition) is 2. The van der Waals surface area contributed by atoms with Crippen molar-refractivity contribution in [3.05, 3.63) is 23.8 Å². The van der Waals surface area contributed by atoms with Crippen molar-refractivity contribution in [2.45, 2.75) is 24.7 Å². The summed E-state index contributed by atoms with van der Waals surface area (Å²) in [4.78, 5) is 2.35. The van der Waals surface area contributed by atoms with E-state index in [0.717, 1.165) is 24.9 Å². The van der Waals surface area contributed by atoms with E-state index in [9.17, 15) is 8.42 Å². The summed E-state index contributed by atoms with van der Waals surface area (Å²) in [6.07, 6.45) is 1.79. The first-order valence-electron chi connectivity index (χ1n) is 6.33. The Balaban J connectivity index is 2.54. The highest BCUT2D eigenvalue weighted by Crippen LogP contribution is 2.16. The number of unbranched alkanes of at least 4 members (excludes halogenated alkanes) is 1. The van der Waals surface area contributed by atoms with E-state index in [1.807, 2.05) is 14.1 Å². The quantitative estimate of drug-likeness (QED) is 0.583. The number of hydrogen-bond acceptors (Lipinski definition) is 4. The van der Waals surface area contributed by atoms with Gasteiger partial charge in [0.1, 0.15) is 0 Å². The molecule has 1 rings (SSSR count). The molecule has 108 valence electrons. The summed E-state index contributed by atoms with van der Waals surface area (Å²) in [5.41, 5.74) is 7.06. The molecule has 0 aliphatic carbocycles. The van der Waals surface area contributed by atoms with Gasteiger partial charge in [-0.3, -0.25) is 0 Å². The molecule has 0 saturated heterocycles. The monoisotopic (exact) mass is 285 g/mol. The normalized spacial score (nSPS) is 12.0. The molecule has 0 aliphatic heterocycles. The third kappa shape index (κ3) is 5.18. The van der Waals surface area contributed by atoms with Crippen LogP contribution in [0, 0.1) is 6.92 Å². The van der Waals surface area contributed by atoms with Gasteiger partial charge in [-0.1, -0.05) is 0 Å². The maximum absolute atomic E-state index is 12.0. The fourth-order valence-electron chi connectivity index (χ4n) is 1.66. The highest BCUT2D eigenvalue weighted by atomic mass is 32.2. The van der Waals surface area contributed by atoms with Gasteiger partial charge in [-0.05, 0) is 64.2 Å². The highest BCUT2D eigenvalue weighted by molar-refractivity contribution is 7.89. The topological polar surface area (TPSA) is 75.4 Å². The number of benzene rings is 1. The third-order valence-electron chi connectivity index (χ3n) is 2.88. The Hall–Kier alpha value is -1.11. The van der Waals surface area contributed by atoms with E-state index in [4.69, 9.17) is 5.73 Å². The Labute approximate surface area is 115 Å². The van der Waals surface area contributed by atoms with Crippen molar-refractivity contribution in [2.24, 2.45) is 0 Å². The fraction of sp³-hybridized carbons (Fsp3) is 0.538. The Morgan fingerprint density at radius 3 is 2.53 bits per heavy atom. The van der Waals surface area contributed by atoms with Crippen molar-refractivity contribution >= 4 is 15.7 Å². The first-order chi connectivity index (χ1) is 8.83. The summed E-state index contributed by atoms with van der Waals surface area (Å²) in [6.45, 7) is 3.22. The molecule has 0 aliphatic rings. The first-order valence-corrected chi connectivity index (χ1v) is 7.82. The van der Waals surface area contributed by atoms with Crippen LogP contribution in [0.5, 0.6) is 0 Å². The van der Waals surface area contributed by atoms with Gasteiger partial charge in [0.25, 0.3) is 0 Å². The number of sulfonamides is 1. The average Bonchev–Trinajstić information content (AvgIpc) is 2.31. The Kier molecular flexibility index (Phi) is 5.78. The summed E-state index contributed by atoms with van der Waals surface area (Å²) in [7, 11) is 0.583. The average molecular weight is 285 g/mol. The van der Waals surface area contributed by atoms with E-state index in [1.54, 1.807) is 19.1 Å². The predicted molar refractivity (Wildman–Crippen MR) is 78.6 cm³/mol. The molecule has 0 atom stereocenters.